The molecular weight excluding hydrogens is 479 g/mol. The van der Waals surface area contributed by atoms with Crippen molar-refractivity contribution in [1.29, 1.82) is 0 Å². The quantitative estimate of drug-likeness (QED) is 0.348. The molecule has 35 heavy (non-hydrogen) atoms. The van der Waals surface area contributed by atoms with Gasteiger partial charge in [0.25, 0.3) is 11.7 Å². The van der Waals surface area contributed by atoms with E-state index in [1.165, 1.54) is 64.8 Å². The number of rotatable bonds is 7. The molecule has 2 fully saturated rings. The molecule has 1 amide bonds. The molecule has 0 aromatic heterocycles. The summed E-state index contributed by atoms with van der Waals surface area (Å²) in [6, 6.07) is 9.78. The number of likely N-dealkylation sites (tertiary alicyclic amines) is 1. The second kappa shape index (κ2) is 10.2. The summed E-state index contributed by atoms with van der Waals surface area (Å²) in [7, 11) is -2.29. The second-order valence-electron chi connectivity index (χ2n) is 8.08. The number of carbonyl (C=O) groups excluding carboxylic acids is 2. The molecule has 0 saturated carbocycles. The summed E-state index contributed by atoms with van der Waals surface area (Å²) in [4.78, 5) is 27.0. The van der Waals surface area contributed by atoms with Gasteiger partial charge in [-0.25, -0.2) is 12.8 Å². The Kier molecular flexibility index (Phi) is 7.31. The minimum absolute atomic E-state index is 0.0339. The van der Waals surface area contributed by atoms with Gasteiger partial charge in [-0.15, -0.1) is 0 Å². The molecule has 2 heterocycles. The molecule has 186 valence electrons. The van der Waals surface area contributed by atoms with E-state index >= 15 is 0 Å². The predicted molar refractivity (Wildman–Crippen MR) is 123 cm³/mol. The van der Waals surface area contributed by atoms with Crippen LogP contribution in [0, 0.1) is 5.82 Å². The Labute approximate surface area is 202 Å². The fourth-order valence-corrected chi connectivity index (χ4v) is 5.58. The first kappa shape index (κ1) is 25.0. The van der Waals surface area contributed by atoms with E-state index in [0.717, 1.165) is 0 Å². The standard InChI is InChI=1S/C24H25FN2O7S/c1-33-13-12-27-21(16-2-6-18(25)7-3-16)20(23(29)24(27)30)22(28)17-4-8-19(9-5-17)35(31,32)26-10-14-34-15-11-26/h2-9,21,28H,10-15H2,1H3. The van der Waals surface area contributed by atoms with Crippen molar-refractivity contribution in [3.05, 3.63) is 71.0 Å². The molecule has 2 aromatic carbocycles. The number of ketones is 1. The van der Waals surface area contributed by atoms with Gasteiger partial charge < -0.3 is 19.5 Å². The van der Waals surface area contributed by atoms with Gasteiger partial charge in [0.2, 0.25) is 10.0 Å². The monoisotopic (exact) mass is 504 g/mol. The van der Waals surface area contributed by atoms with Crippen molar-refractivity contribution in [1.82, 2.24) is 9.21 Å². The number of halogens is 1. The summed E-state index contributed by atoms with van der Waals surface area (Å²) >= 11 is 0. The van der Waals surface area contributed by atoms with Gasteiger partial charge in [-0.3, -0.25) is 9.59 Å². The van der Waals surface area contributed by atoms with Crippen LogP contribution in [0.15, 0.2) is 59.0 Å². The van der Waals surface area contributed by atoms with Crippen molar-refractivity contribution in [3.63, 3.8) is 0 Å². The highest BCUT2D eigenvalue weighted by molar-refractivity contribution is 7.89. The van der Waals surface area contributed by atoms with Gasteiger partial charge in [0.05, 0.1) is 36.3 Å². The number of sulfonamides is 1. The number of methoxy groups -OCH3 is 1. The topological polar surface area (TPSA) is 113 Å². The average Bonchev–Trinajstić information content (AvgIpc) is 3.13. The number of morpholine rings is 1. The van der Waals surface area contributed by atoms with E-state index in [4.69, 9.17) is 9.47 Å². The second-order valence-corrected chi connectivity index (χ2v) is 10.0. The lowest BCUT2D eigenvalue weighted by atomic mass is 9.95. The lowest BCUT2D eigenvalue weighted by molar-refractivity contribution is -0.140. The highest BCUT2D eigenvalue weighted by Gasteiger charge is 2.45. The first-order valence-corrected chi connectivity index (χ1v) is 12.4. The van der Waals surface area contributed by atoms with Gasteiger partial charge in [0, 0.05) is 32.3 Å². The van der Waals surface area contributed by atoms with Crippen molar-refractivity contribution < 1.29 is 37.0 Å². The van der Waals surface area contributed by atoms with Gasteiger partial charge >= 0.3 is 0 Å². The average molecular weight is 505 g/mol. The Bertz CT molecular complexity index is 1240. The molecule has 0 spiro atoms. The van der Waals surface area contributed by atoms with Crippen LogP contribution in [-0.2, 0) is 29.1 Å². The highest BCUT2D eigenvalue weighted by atomic mass is 32.2. The largest absolute Gasteiger partial charge is 0.507 e. The summed E-state index contributed by atoms with van der Waals surface area (Å²) in [6.07, 6.45) is 0. The van der Waals surface area contributed by atoms with Crippen molar-refractivity contribution in [2.24, 2.45) is 0 Å². The molecule has 1 unspecified atom stereocenters. The zero-order chi connectivity index (χ0) is 25.2. The molecule has 2 aromatic rings. The maximum absolute atomic E-state index is 13.5. The number of aliphatic hydroxyl groups is 1. The number of amides is 1. The molecule has 2 aliphatic heterocycles. The summed E-state index contributed by atoms with van der Waals surface area (Å²) in [5.41, 5.74) is 0.444. The van der Waals surface area contributed by atoms with Crippen molar-refractivity contribution >= 4 is 27.5 Å². The number of hydrogen-bond acceptors (Lipinski definition) is 7. The maximum atomic E-state index is 13.5. The van der Waals surface area contributed by atoms with Crippen LogP contribution >= 0.6 is 0 Å². The fourth-order valence-electron chi connectivity index (χ4n) is 4.17. The maximum Gasteiger partial charge on any atom is 0.295 e. The Hall–Kier alpha value is -3.12. The minimum atomic E-state index is -3.74. The minimum Gasteiger partial charge on any atom is -0.507 e. The van der Waals surface area contributed by atoms with Crippen LogP contribution in [0.4, 0.5) is 4.39 Å². The normalized spacial score (nSPS) is 21.0. The highest BCUT2D eigenvalue weighted by Crippen LogP contribution is 2.39. The number of benzene rings is 2. The molecular formula is C24H25FN2O7S. The Morgan fingerprint density at radius 1 is 1.09 bits per heavy atom. The van der Waals surface area contributed by atoms with Gasteiger partial charge in [0.15, 0.2) is 0 Å². The zero-order valence-corrected chi connectivity index (χ0v) is 19.8. The van der Waals surface area contributed by atoms with Crippen molar-refractivity contribution in [2.75, 3.05) is 46.6 Å². The Balaban J connectivity index is 1.73. The van der Waals surface area contributed by atoms with Gasteiger partial charge in [-0.05, 0) is 42.0 Å². The molecule has 1 atom stereocenters. The number of ether oxygens (including phenoxy) is 2. The third-order valence-electron chi connectivity index (χ3n) is 6.00. The molecule has 0 radical (unpaired) electrons. The number of Topliss-reactive ketones (excluding diaryl/α,β-unsaturated/α-hetero) is 1. The Morgan fingerprint density at radius 2 is 1.71 bits per heavy atom. The van der Waals surface area contributed by atoms with Crippen LogP contribution in [-0.4, -0.2) is 81.0 Å². The van der Waals surface area contributed by atoms with Crippen molar-refractivity contribution in [3.8, 4) is 0 Å². The SMILES string of the molecule is COCCN1C(=O)C(=O)C(=C(O)c2ccc(S(=O)(=O)N3CCOCC3)cc2)C1c1ccc(F)cc1. The van der Waals surface area contributed by atoms with E-state index in [-0.39, 0.29) is 42.3 Å². The zero-order valence-electron chi connectivity index (χ0n) is 19.0. The first-order chi connectivity index (χ1) is 16.8. The molecule has 4 rings (SSSR count). The first-order valence-electron chi connectivity index (χ1n) is 11.0. The summed E-state index contributed by atoms with van der Waals surface area (Å²) in [6.45, 7) is 1.34. The van der Waals surface area contributed by atoms with Gasteiger partial charge in [-0.2, -0.15) is 4.31 Å². The molecule has 0 aliphatic carbocycles. The van der Waals surface area contributed by atoms with Crippen LogP contribution in [0.25, 0.3) is 5.76 Å². The van der Waals surface area contributed by atoms with E-state index in [1.807, 2.05) is 0 Å². The number of nitrogens with zero attached hydrogens (tertiary/aromatic N) is 2. The van der Waals surface area contributed by atoms with Crippen LogP contribution in [0.5, 0.6) is 0 Å². The van der Waals surface area contributed by atoms with E-state index in [9.17, 15) is 27.5 Å². The number of hydrogen-bond donors (Lipinski definition) is 1. The van der Waals surface area contributed by atoms with Crippen LogP contribution in [0.2, 0.25) is 0 Å². The molecule has 0 bridgehead atoms. The van der Waals surface area contributed by atoms with Crippen LogP contribution in [0.3, 0.4) is 0 Å². The van der Waals surface area contributed by atoms with E-state index in [1.54, 1.807) is 0 Å². The smallest absolute Gasteiger partial charge is 0.295 e. The predicted octanol–water partition coefficient (Wildman–Crippen LogP) is 1.91. The van der Waals surface area contributed by atoms with E-state index < -0.39 is 39.3 Å². The fraction of sp³-hybridized carbons (Fsp3) is 0.333. The van der Waals surface area contributed by atoms with Crippen LogP contribution < -0.4 is 0 Å². The summed E-state index contributed by atoms with van der Waals surface area (Å²) in [5.74, 6) is -2.64. The molecule has 2 saturated heterocycles. The number of aliphatic hydroxyl groups excluding tert-OH is 1. The lowest BCUT2D eigenvalue weighted by Gasteiger charge is -2.26. The molecule has 2 aliphatic rings. The molecule has 11 heteroatoms. The summed E-state index contributed by atoms with van der Waals surface area (Å²) in [5, 5.41) is 11.1. The third kappa shape index (κ3) is 4.85. The van der Waals surface area contributed by atoms with E-state index in [2.05, 4.69) is 0 Å². The molecule has 9 nitrogen and oxygen atoms in total. The van der Waals surface area contributed by atoms with E-state index in [0.29, 0.717) is 18.8 Å². The van der Waals surface area contributed by atoms with Crippen LogP contribution in [0.1, 0.15) is 17.2 Å². The molecule has 1 N–H and O–H groups in total. The third-order valence-corrected chi connectivity index (χ3v) is 7.91. The lowest BCUT2D eigenvalue weighted by Crippen LogP contribution is -2.40. The summed E-state index contributed by atoms with van der Waals surface area (Å²) < 4.78 is 50.9. The van der Waals surface area contributed by atoms with Crippen molar-refractivity contribution in [2.45, 2.75) is 10.9 Å². The van der Waals surface area contributed by atoms with Gasteiger partial charge in [0.1, 0.15) is 11.6 Å². The number of carbonyl (C=O) groups is 2. The Morgan fingerprint density at radius 3 is 2.31 bits per heavy atom. The van der Waals surface area contributed by atoms with Gasteiger partial charge in [-0.1, -0.05) is 12.1 Å².